The number of hydrogen-bond acceptors (Lipinski definition) is 5. The molecular weight excluding hydrogens is 282 g/mol. The molecule has 0 radical (unpaired) electrons. The van der Waals surface area contributed by atoms with E-state index in [1.807, 2.05) is 12.1 Å². The molecule has 2 rings (SSSR count). The maximum absolute atomic E-state index is 11.6. The Bertz CT molecular complexity index is 474. The number of esters is 1. The molecule has 1 unspecified atom stereocenters. The van der Waals surface area contributed by atoms with Gasteiger partial charge < -0.3 is 9.47 Å². The van der Waals surface area contributed by atoms with E-state index >= 15 is 0 Å². The van der Waals surface area contributed by atoms with Gasteiger partial charge in [0, 0.05) is 12.0 Å². The summed E-state index contributed by atoms with van der Waals surface area (Å²) >= 11 is 0. The van der Waals surface area contributed by atoms with Crippen molar-refractivity contribution in [2.75, 3.05) is 14.2 Å². The van der Waals surface area contributed by atoms with Crippen molar-refractivity contribution in [3.63, 3.8) is 0 Å². The summed E-state index contributed by atoms with van der Waals surface area (Å²) in [5.41, 5.74) is 4.25. The van der Waals surface area contributed by atoms with Crippen LogP contribution in [0.5, 0.6) is 5.75 Å². The molecule has 0 aliphatic carbocycles. The predicted molar refractivity (Wildman–Crippen MR) is 83.7 cm³/mol. The molecule has 5 heteroatoms. The molecule has 0 bridgehead atoms. The van der Waals surface area contributed by atoms with Gasteiger partial charge in [-0.3, -0.25) is 9.63 Å². The number of methoxy groups -OCH3 is 2. The molecule has 1 heterocycles. The molecule has 1 saturated heterocycles. The number of benzene rings is 1. The fraction of sp³-hybridized carbons (Fsp3) is 0.588. The summed E-state index contributed by atoms with van der Waals surface area (Å²) in [5.74, 6) is 0.822. The van der Waals surface area contributed by atoms with Crippen molar-refractivity contribution >= 4 is 5.97 Å². The molecule has 122 valence electrons. The Hall–Kier alpha value is -1.59. The zero-order valence-electron chi connectivity index (χ0n) is 13.5. The molecule has 0 saturated carbocycles. The second-order valence-electron chi connectivity index (χ2n) is 5.65. The van der Waals surface area contributed by atoms with E-state index in [0.29, 0.717) is 6.42 Å². The average molecular weight is 307 g/mol. The van der Waals surface area contributed by atoms with Crippen LogP contribution in [0.1, 0.15) is 44.1 Å². The minimum Gasteiger partial charge on any atom is -0.497 e. The first-order valence-electron chi connectivity index (χ1n) is 7.79. The Kier molecular flexibility index (Phi) is 6.21. The highest BCUT2D eigenvalue weighted by molar-refractivity contribution is 5.70. The zero-order chi connectivity index (χ0) is 15.9. The molecule has 0 aromatic heterocycles. The highest BCUT2D eigenvalue weighted by atomic mass is 16.7. The number of rotatable bonds is 6. The fourth-order valence-corrected chi connectivity index (χ4v) is 2.93. The molecule has 0 amide bonds. The Morgan fingerprint density at radius 3 is 2.64 bits per heavy atom. The van der Waals surface area contributed by atoms with Crippen LogP contribution in [-0.4, -0.2) is 32.3 Å². The van der Waals surface area contributed by atoms with E-state index in [0.717, 1.165) is 25.0 Å². The van der Waals surface area contributed by atoms with Gasteiger partial charge in [-0.25, -0.2) is 0 Å². The first-order chi connectivity index (χ1) is 10.7. The maximum Gasteiger partial charge on any atom is 0.307 e. The largest absolute Gasteiger partial charge is 0.497 e. The van der Waals surface area contributed by atoms with Crippen molar-refractivity contribution in [3.8, 4) is 5.75 Å². The van der Waals surface area contributed by atoms with Crippen molar-refractivity contribution in [2.45, 2.75) is 50.7 Å². The lowest BCUT2D eigenvalue weighted by Crippen LogP contribution is -2.46. The molecule has 1 fully saturated rings. The van der Waals surface area contributed by atoms with Crippen LogP contribution >= 0.6 is 0 Å². The first-order valence-corrected chi connectivity index (χ1v) is 7.79. The van der Waals surface area contributed by atoms with Crippen LogP contribution in [0.4, 0.5) is 0 Å². The number of nitrogens with one attached hydrogen (secondary N) is 1. The molecule has 1 aromatic rings. The molecule has 3 atom stereocenters. The van der Waals surface area contributed by atoms with Gasteiger partial charge in [0.2, 0.25) is 0 Å². The van der Waals surface area contributed by atoms with E-state index in [1.54, 1.807) is 7.11 Å². The highest BCUT2D eigenvalue weighted by Gasteiger charge is 2.33. The lowest BCUT2D eigenvalue weighted by Gasteiger charge is -2.36. The van der Waals surface area contributed by atoms with Crippen LogP contribution in [0.3, 0.4) is 0 Å². The number of carbonyl (C=O) groups excluding carboxylic acids is 1. The summed E-state index contributed by atoms with van der Waals surface area (Å²) in [6.07, 6.45) is 3.44. The summed E-state index contributed by atoms with van der Waals surface area (Å²) in [7, 11) is 3.07. The van der Waals surface area contributed by atoms with Crippen LogP contribution in [-0.2, 0) is 14.4 Å². The molecule has 1 aliphatic rings. The predicted octanol–water partition coefficient (Wildman–Crippen LogP) is 2.80. The second-order valence-corrected chi connectivity index (χ2v) is 5.65. The van der Waals surface area contributed by atoms with Gasteiger partial charge in [-0.05, 0) is 30.5 Å². The molecule has 0 spiro atoms. The van der Waals surface area contributed by atoms with Gasteiger partial charge in [0.1, 0.15) is 5.75 Å². The molecule has 5 nitrogen and oxygen atoms in total. The minimum atomic E-state index is -0.228. The van der Waals surface area contributed by atoms with Crippen LogP contribution in [0, 0.1) is 0 Å². The van der Waals surface area contributed by atoms with Gasteiger partial charge in [0.25, 0.3) is 0 Å². The zero-order valence-corrected chi connectivity index (χ0v) is 13.5. The van der Waals surface area contributed by atoms with Crippen molar-refractivity contribution in [1.82, 2.24) is 5.48 Å². The second kappa shape index (κ2) is 8.15. The van der Waals surface area contributed by atoms with Gasteiger partial charge in [-0.15, -0.1) is 0 Å². The van der Waals surface area contributed by atoms with E-state index in [2.05, 4.69) is 24.5 Å². The van der Waals surface area contributed by atoms with Gasteiger partial charge >= 0.3 is 5.97 Å². The topological polar surface area (TPSA) is 56.8 Å². The van der Waals surface area contributed by atoms with Gasteiger partial charge in [-0.2, -0.15) is 5.48 Å². The third kappa shape index (κ3) is 4.21. The fourth-order valence-electron chi connectivity index (χ4n) is 2.93. The Labute approximate surface area is 131 Å². The lowest BCUT2D eigenvalue weighted by molar-refractivity contribution is -0.146. The summed E-state index contributed by atoms with van der Waals surface area (Å²) in [4.78, 5) is 17.3. The number of hydrogen-bond donors (Lipinski definition) is 1. The van der Waals surface area contributed by atoms with Gasteiger partial charge in [0.05, 0.1) is 26.7 Å². The molecular formula is C17H25NO4. The maximum atomic E-state index is 11.6. The van der Waals surface area contributed by atoms with Gasteiger partial charge in [0.15, 0.2) is 0 Å². The third-order valence-corrected chi connectivity index (χ3v) is 4.16. The summed E-state index contributed by atoms with van der Waals surface area (Å²) in [6.45, 7) is 2.15. The molecule has 1 aliphatic heterocycles. The summed E-state index contributed by atoms with van der Waals surface area (Å²) in [6, 6.07) is 7.95. The van der Waals surface area contributed by atoms with Crippen molar-refractivity contribution < 1.29 is 19.1 Å². The van der Waals surface area contributed by atoms with Crippen LogP contribution in [0.2, 0.25) is 0 Å². The number of ether oxygens (including phenoxy) is 2. The van der Waals surface area contributed by atoms with Crippen LogP contribution in [0.15, 0.2) is 24.3 Å². The minimum absolute atomic E-state index is 0.0750. The number of carbonyl (C=O) groups is 1. The molecule has 1 aromatic carbocycles. The normalized spacial score (nSPS) is 24.8. The van der Waals surface area contributed by atoms with Crippen LogP contribution in [0.25, 0.3) is 0 Å². The smallest absolute Gasteiger partial charge is 0.307 e. The van der Waals surface area contributed by atoms with Crippen LogP contribution < -0.4 is 10.2 Å². The van der Waals surface area contributed by atoms with E-state index in [4.69, 9.17) is 14.3 Å². The lowest BCUT2D eigenvalue weighted by atomic mass is 9.83. The van der Waals surface area contributed by atoms with E-state index in [1.165, 1.54) is 12.7 Å². The van der Waals surface area contributed by atoms with Crippen molar-refractivity contribution in [3.05, 3.63) is 29.8 Å². The SMILES string of the molecule is CCC[C@@H]1C[C@@H](c2ccc(OC)cc2)C(CC(=O)OC)NO1. The Morgan fingerprint density at radius 1 is 1.32 bits per heavy atom. The van der Waals surface area contributed by atoms with Crippen molar-refractivity contribution in [2.24, 2.45) is 0 Å². The molecule has 22 heavy (non-hydrogen) atoms. The first kappa shape index (κ1) is 16.8. The quantitative estimate of drug-likeness (QED) is 0.819. The summed E-state index contributed by atoms with van der Waals surface area (Å²) < 4.78 is 10.0. The Balaban J connectivity index is 2.15. The van der Waals surface area contributed by atoms with E-state index < -0.39 is 0 Å². The average Bonchev–Trinajstić information content (AvgIpc) is 2.56. The van der Waals surface area contributed by atoms with Crippen molar-refractivity contribution in [1.29, 1.82) is 0 Å². The van der Waals surface area contributed by atoms with Gasteiger partial charge in [-0.1, -0.05) is 25.5 Å². The van der Waals surface area contributed by atoms with E-state index in [-0.39, 0.29) is 24.0 Å². The monoisotopic (exact) mass is 307 g/mol. The molecule has 1 N–H and O–H groups in total. The third-order valence-electron chi connectivity index (χ3n) is 4.16. The number of hydroxylamine groups is 1. The standard InChI is InChI=1S/C17H25NO4/c1-4-5-14-10-15(12-6-8-13(20-2)9-7-12)16(18-22-14)11-17(19)21-3/h6-9,14-16,18H,4-5,10-11H2,1-3H3/t14-,15+,16?/m1/s1. The Morgan fingerprint density at radius 2 is 2.05 bits per heavy atom. The highest BCUT2D eigenvalue weighted by Crippen LogP contribution is 2.33. The summed E-state index contributed by atoms with van der Waals surface area (Å²) in [5, 5.41) is 0. The van der Waals surface area contributed by atoms with E-state index in [9.17, 15) is 4.79 Å².